The summed E-state index contributed by atoms with van der Waals surface area (Å²) in [5.74, 6) is 0.633. The highest BCUT2D eigenvalue weighted by Crippen LogP contribution is 2.48. The number of hydrogen-bond acceptors (Lipinski definition) is 5. The fourth-order valence-electron chi connectivity index (χ4n) is 3.61. The highest BCUT2D eigenvalue weighted by molar-refractivity contribution is 5.89. The zero-order valence-electron chi connectivity index (χ0n) is 15.0. The molecule has 2 atom stereocenters. The molecule has 0 spiro atoms. The first-order valence-electron chi connectivity index (χ1n) is 8.52. The van der Waals surface area contributed by atoms with E-state index in [9.17, 15) is 9.90 Å². The zero-order chi connectivity index (χ0) is 18.4. The number of allylic oxidation sites excluding steroid dienone is 1. The molecule has 1 aromatic carbocycles. The fraction of sp³-hybridized carbons (Fsp3) is 0.450. The quantitative estimate of drug-likeness (QED) is 0.655. The molecule has 2 N–H and O–H groups in total. The lowest BCUT2D eigenvalue weighted by atomic mass is 9.76. The van der Waals surface area contributed by atoms with E-state index in [1.54, 1.807) is 6.07 Å². The van der Waals surface area contributed by atoms with Crippen molar-refractivity contribution in [1.82, 2.24) is 0 Å². The van der Waals surface area contributed by atoms with Crippen molar-refractivity contribution in [3.05, 3.63) is 45.3 Å². The van der Waals surface area contributed by atoms with Gasteiger partial charge in [-0.2, -0.15) is 0 Å². The van der Waals surface area contributed by atoms with E-state index in [2.05, 4.69) is 0 Å². The van der Waals surface area contributed by atoms with E-state index in [-0.39, 0.29) is 18.5 Å². The number of ether oxygens (including phenoxy) is 1. The summed E-state index contributed by atoms with van der Waals surface area (Å²) in [4.78, 5) is 12.7. The second kappa shape index (κ2) is 6.23. The van der Waals surface area contributed by atoms with E-state index < -0.39 is 11.0 Å². The Morgan fingerprint density at radius 1 is 1.40 bits per heavy atom. The van der Waals surface area contributed by atoms with E-state index in [1.807, 2.05) is 33.8 Å². The van der Waals surface area contributed by atoms with E-state index in [1.165, 1.54) is 6.07 Å². The molecule has 1 aliphatic rings. The average molecular weight is 344 g/mol. The molecular formula is C20H24O5. The Bertz CT molecular complexity index is 908. The zero-order valence-corrected chi connectivity index (χ0v) is 15.0. The van der Waals surface area contributed by atoms with Crippen LogP contribution in [0.15, 0.2) is 33.0 Å². The van der Waals surface area contributed by atoms with Crippen molar-refractivity contribution in [2.45, 2.75) is 52.1 Å². The van der Waals surface area contributed by atoms with Gasteiger partial charge >= 0.3 is 5.63 Å². The lowest BCUT2D eigenvalue weighted by Crippen LogP contribution is -2.35. The molecule has 3 rings (SSSR count). The Balaban J connectivity index is 2.14. The van der Waals surface area contributed by atoms with Crippen LogP contribution < -0.4 is 10.4 Å². The van der Waals surface area contributed by atoms with E-state index in [4.69, 9.17) is 14.3 Å². The molecule has 2 aromatic rings. The molecule has 1 aliphatic heterocycles. The number of rotatable bonds is 4. The largest absolute Gasteiger partial charge is 0.508 e. The Hall–Kier alpha value is -2.27. The number of aliphatic hydroxyl groups is 1. The summed E-state index contributed by atoms with van der Waals surface area (Å²) in [6.45, 7) is 7.75. The topological polar surface area (TPSA) is 79.9 Å². The van der Waals surface area contributed by atoms with Crippen LogP contribution in [-0.4, -0.2) is 22.9 Å². The van der Waals surface area contributed by atoms with Crippen molar-refractivity contribution in [1.29, 1.82) is 0 Å². The van der Waals surface area contributed by atoms with Crippen LogP contribution >= 0.6 is 0 Å². The van der Waals surface area contributed by atoms with Gasteiger partial charge in [0.1, 0.15) is 23.2 Å². The van der Waals surface area contributed by atoms with Gasteiger partial charge in [-0.1, -0.05) is 18.6 Å². The van der Waals surface area contributed by atoms with Crippen LogP contribution in [0.5, 0.6) is 11.5 Å². The summed E-state index contributed by atoms with van der Waals surface area (Å²) < 4.78 is 11.6. The molecule has 2 heterocycles. The van der Waals surface area contributed by atoms with Crippen molar-refractivity contribution in [2.75, 3.05) is 6.61 Å². The van der Waals surface area contributed by atoms with Crippen molar-refractivity contribution < 1.29 is 19.4 Å². The normalized spacial score (nSPS) is 22.9. The van der Waals surface area contributed by atoms with Crippen LogP contribution in [0.1, 0.15) is 44.7 Å². The molecule has 0 unspecified atom stereocenters. The molecule has 0 saturated heterocycles. The van der Waals surface area contributed by atoms with Crippen molar-refractivity contribution in [2.24, 2.45) is 0 Å². The van der Waals surface area contributed by atoms with Gasteiger partial charge in [0.05, 0.1) is 17.6 Å². The molecule has 0 fully saturated rings. The maximum atomic E-state index is 12.7. The predicted molar refractivity (Wildman–Crippen MR) is 96.4 cm³/mol. The molecule has 1 aromatic heterocycles. The van der Waals surface area contributed by atoms with Gasteiger partial charge in [-0.3, -0.25) is 0 Å². The molecule has 0 bridgehead atoms. The van der Waals surface area contributed by atoms with Crippen LogP contribution in [0, 0.1) is 6.92 Å². The van der Waals surface area contributed by atoms with E-state index in [0.29, 0.717) is 23.3 Å². The number of fused-ring (bicyclic) bond motifs is 3. The second-order valence-electron chi connectivity index (χ2n) is 7.15. The summed E-state index contributed by atoms with van der Waals surface area (Å²) in [6, 6.07) is 3.08. The third kappa shape index (κ3) is 2.82. The maximum Gasteiger partial charge on any atom is 0.343 e. The second-order valence-corrected chi connectivity index (χ2v) is 7.15. The van der Waals surface area contributed by atoms with Gasteiger partial charge in [-0.05, 0) is 45.2 Å². The van der Waals surface area contributed by atoms with Gasteiger partial charge < -0.3 is 19.4 Å². The lowest BCUT2D eigenvalue weighted by Gasteiger charge is -2.26. The van der Waals surface area contributed by atoms with Gasteiger partial charge in [0.2, 0.25) is 0 Å². The maximum absolute atomic E-state index is 12.7. The molecular weight excluding hydrogens is 320 g/mol. The van der Waals surface area contributed by atoms with Crippen LogP contribution in [0.3, 0.4) is 0 Å². The van der Waals surface area contributed by atoms with Gasteiger partial charge in [0.25, 0.3) is 0 Å². The molecule has 0 saturated carbocycles. The molecule has 0 aliphatic carbocycles. The molecule has 0 radical (unpaired) electrons. The number of aromatic hydroxyl groups is 1. The van der Waals surface area contributed by atoms with Crippen molar-refractivity contribution in [3.8, 4) is 11.5 Å². The van der Waals surface area contributed by atoms with Gasteiger partial charge in [0.15, 0.2) is 0 Å². The highest BCUT2D eigenvalue weighted by atomic mass is 16.5. The summed E-state index contributed by atoms with van der Waals surface area (Å²) in [6.07, 6.45) is 3.27. The number of phenols is 1. The smallest absolute Gasteiger partial charge is 0.343 e. The number of benzene rings is 1. The first-order chi connectivity index (χ1) is 11.8. The molecule has 0 amide bonds. The van der Waals surface area contributed by atoms with Crippen molar-refractivity contribution in [3.63, 3.8) is 0 Å². The van der Waals surface area contributed by atoms with E-state index in [0.717, 1.165) is 22.9 Å². The molecule has 25 heavy (non-hydrogen) atoms. The summed E-state index contributed by atoms with van der Waals surface area (Å²) in [7, 11) is 0. The van der Waals surface area contributed by atoms with Gasteiger partial charge in [-0.25, -0.2) is 4.79 Å². The molecule has 5 heteroatoms. The Morgan fingerprint density at radius 2 is 2.12 bits per heavy atom. The average Bonchev–Trinajstić information content (AvgIpc) is 2.78. The summed E-state index contributed by atoms with van der Waals surface area (Å²) >= 11 is 0. The minimum Gasteiger partial charge on any atom is -0.508 e. The Labute approximate surface area is 146 Å². The van der Waals surface area contributed by atoms with Crippen molar-refractivity contribution >= 4 is 11.0 Å². The van der Waals surface area contributed by atoms with Gasteiger partial charge in [0, 0.05) is 11.5 Å². The summed E-state index contributed by atoms with van der Waals surface area (Å²) in [5.41, 5.74) is 1.74. The van der Waals surface area contributed by atoms with Crippen LogP contribution in [0.4, 0.5) is 0 Å². The number of aliphatic hydroxyl groups excluding tert-OH is 1. The highest BCUT2D eigenvalue weighted by Gasteiger charge is 2.46. The Morgan fingerprint density at radius 3 is 2.80 bits per heavy atom. The van der Waals surface area contributed by atoms with Gasteiger partial charge in [-0.15, -0.1) is 0 Å². The monoisotopic (exact) mass is 344 g/mol. The predicted octanol–water partition coefficient (Wildman–Crippen LogP) is 3.56. The molecule has 5 nitrogen and oxygen atoms in total. The Kier molecular flexibility index (Phi) is 4.37. The molecule has 134 valence electrons. The minimum atomic E-state index is -0.472. The number of aryl methyl sites for hydroxylation is 1. The standard InChI is InChI=1S/C20H24O5/c1-11(10-21)6-5-7-20(4)13(3)24-18-16-12(2)8-14(22)9-15(16)25-19(23)17(18)20/h6,8-9,13,21-22H,5,7,10H2,1-4H3/b11-6-/t13-,20-/m1/s1. The first kappa shape index (κ1) is 17.5. The third-order valence-electron chi connectivity index (χ3n) is 5.31. The third-order valence-corrected chi connectivity index (χ3v) is 5.31. The first-order valence-corrected chi connectivity index (χ1v) is 8.52. The SMILES string of the molecule is C/C(=C/CC[C@@]1(C)c2c(c3c(C)cc(O)cc3oc2=O)O[C@@H]1C)CO. The summed E-state index contributed by atoms with van der Waals surface area (Å²) in [5, 5.41) is 19.6. The van der Waals surface area contributed by atoms with Crippen LogP contribution in [-0.2, 0) is 5.41 Å². The van der Waals surface area contributed by atoms with Crippen LogP contribution in [0.2, 0.25) is 0 Å². The van der Waals surface area contributed by atoms with Crippen LogP contribution in [0.25, 0.3) is 11.0 Å². The number of hydrogen-bond donors (Lipinski definition) is 2. The number of phenolic OH excluding ortho intramolecular Hbond substituents is 1. The fourth-order valence-corrected chi connectivity index (χ4v) is 3.61. The van der Waals surface area contributed by atoms with E-state index >= 15 is 0 Å². The lowest BCUT2D eigenvalue weighted by molar-refractivity contribution is 0.168. The minimum absolute atomic E-state index is 0.0365.